The summed E-state index contributed by atoms with van der Waals surface area (Å²) in [5.41, 5.74) is 2.30. The van der Waals surface area contributed by atoms with Crippen LogP contribution in [0.15, 0.2) is 24.3 Å². The van der Waals surface area contributed by atoms with Gasteiger partial charge in [0, 0.05) is 19.0 Å². The lowest BCUT2D eigenvalue weighted by Crippen LogP contribution is -2.48. The van der Waals surface area contributed by atoms with Crippen LogP contribution in [0.5, 0.6) is 0 Å². The summed E-state index contributed by atoms with van der Waals surface area (Å²) in [5.74, 6) is 0.0690. The highest BCUT2D eigenvalue weighted by Gasteiger charge is 2.35. The number of benzene rings is 1. The molecule has 0 radical (unpaired) electrons. The Bertz CT molecular complexity index is 539. The Labute approximate surface area is 126 Å². The molecule has 2 rings (SSSR count). The molecule has 1 heterocycles. The molecule has 4 heteroatoms. The van der Waals surface area contributed by atoms with Crippen LogP contribution >= 0.6 is 0 Å². The van der Waals surface area contributed by atoms with Gasteiger partial charge in [-0.3, -0.25) is 9.59 Å². The molecule has 0 aromatic heterocycles. The average molecular weight is 288 g/mol. The summed E-state index contributed by atoms with van der Waals surface area (Å²) >= 11 is 0. The van der Waals surface area contributed by atoms with Crippen molar-refractivity contribution in [1.29, 1.82) is 0 Å². The van der Waals surface area contributed by atoms with Crippen LogP contribution < -0.4 is 5.32 Å². The van der Waals surface area contributed by atoms with Crippen LogP contribution in [0.25, 0.3) is 0 Å². The maximum atomic E-state index is 12.8. The largest absolute Gasteiger partial charge is 0.344 e. The molecule has 1 aromatic carbocycles. The molecule has 1 N–H and O–H groups in total. The van der Waals surface area contributed by atoms with Crippen molar-refractivity contribution in [3.05, 3.63) is 35.4 Å². The standard InChI is InChI=1S/C17H24N2O2/c1-11(2)16-17(21)19(13(4)9-15(20)18-16)10-14-8-6-5-7-12(14)3/h5-8,11,13,16H,9-10H2,1-4H3,(H,18,20). The molecule has 21 heavy (non-hydrogen) atoms. The van der Waals surface area contributed by atoms with E-state index in [1.54, 1.807) is 0 Å². The SMILES string of the molecule is Cc1ccccc1CN1C(=O)C(C(C)C)NC(=O)CC1C. The zero-order valence-corrected chi connectivity index (χ0v) is 13.2. The monoisotopic (exact) mass is 288 g/mol. The molecule has 0 bridgehead atoms. The van der Waals surface area contributed by atoms with E-state index < -0.39 is 6.04 Å². The molecule has 1 saturated heterocycles. The molecule has 2 unspecified atom stereocenters. The van der Waals surface area contributed by atoms with E-state index in [9.17, 15) is 9.59 Å². The predicted molar refractivity (Wildman–Crippen MR) is 82.6 cm³/mol. The summed E-state index contributed by atoms with van der Waals surface area (Å²) in [4.78, 5) is 26.5. The summed E-state index contributed by atoms with van der Waals surface area (Å²) in [5, 5.41) is 2.86. The first-order valence-electron chi connectivity index (χ1n) is 7.54. The van der Waals surface area contributed by atoms with E-state index >= 15 is 0 Å². The quantitative estimate of drug-likeness (QED) is 0.927. The van der Waals surface area contributed by atoms with Crippen molar-refractivity contribution < 1.29 is 9.59 Å². The summed E-state index contributed by atoms with van der Waals surface area (Å²) in [6.07, 6.45) is 0.362. The second-order valence-electron chi connectivity index (χ2n) is 6.23. The van der Waals surface area contributed by atoms with E-state index in [2.05, 4.69) is 5.32 Å². The third kappa shape index (κ3) is 3.43. The number of nitrogens with zero attached hydrogens (tertiary/aromatic N) is 1. The fourth-order valence-electron chi connectivity index (χ4n) is 2.73. The van der Waals surface area contributed by atoms with Crippen LogP contribution in [-0.4, -0.2) is 28.8 Å². The third-order valence-electron chi connectivity index (χ3n) is 4.15. The molecule has 1 fully saturated rings. The molecule has 0 spiro atoms. The number of hydrogen-bond donors (Lipinski definition) is 1. The Morgan fingerprint density at radius 2 is 1.95 bits per heavy atom. The van der Waals surface area contributed by atoms with Gasteiger partial charge in [-0.05, 0) is 30.9 Å². The minimum absolute atomic E-state index is 0.0200. The highest BCUT2D eigenvalue weighted by Crippen LogP contribution is 2.20. The highest BCUT2D eigenvalue weighted by atomic mass is 16.2. The fraction of sp³-hybridized carbons (Fsp3) is 0.529. The van der Waals surface area contributed by atoms with Crippen molar-refractivity contribution in [2.75, 3.05) is 0 Å². The molecule has 1 aliphatic heterocycles. The lowest BCUT2D eigenvalue weighted by atomic mass is 10.0. The summed E-state index contributed by atoms with van der Waals surface area (Å²) < 4.78 is 0. The zero-order valence-electron chi connectivity index (χ0n) is 13.2. The van der Waals surface area contributed by atoms with Gasteiger partial charge in [0.1, 0.15) is 6.04 Å². The van der Waals surface area contributed by atoms with Crippen molar-refractivity contribution in [2.45, 2.75) is 52.7 Å². The number of carbonyl (C=O) groups is 2. The van der Waals surface area contributed by atoms with Gasteiger partial charge in [-0.2, -0.15) is 0 Å². The lowest BCUT2D eigenvalue weighted by Gasteiger charge is -2.30. The second-order valence-corrected chi connectivity index (χ2v) is 6.23. The van der Waals surface area contributed by atoms with E-state index in [0.717, 1.165) is 5.56 Å². The van der Waals surface area contributed by atoms with Crippen LogP contribution in [0.2, 0.25) is 0 Å². The van der Waals surface area contributed by atoms with E-state index in [0.29, 0.717) is 13.0 Å². The smallest absolute Gasteiger partial charge is 0.245 e. The summed E-state index contributed by atoms with van der Waals surface area (Å²) in [6.45, 7) is 8.48. The summed E-state index contributed by atoms with van der Waals surface area (Å²) in [7, 11) is 0. The van der Waals surface area contributed by atoms with Crippen molar-refractivity contribution >= 4 is 11.8 Å². The van der Waals surface area contributed by atoms with E-state index in [1.165, 1.54) is 5.56 Å². The number of nitrogens with one attached hydrogen (secondary N) is 1. The Morgan fingerprint density at radius 3 is 2.57 bits per heavy atom. The van der Waals surface area contributed by atoms with Gasteiger partial charge in [-0.25, -0.2) is 0 Å². The molecular formula is C17H24N2O2. The van der Waals surface area contributed by atoms with Gasteiger partial charge in [0.05, 0.1) is 0 Å². The Hall–Kier alpha value is -1.84. The van der Waals surface area contributed by atoms with Crippen LogP contribution in [0, 0.1) is 12.8 Å². The van der Waals surface area contributed by atoms with Crippen LogP contribution in [0.1, 0.15) is 38.3 Å². The van der Waals surface area contributed by atoms with Gasteiger partial charge in [-0.15, -0.1) is 0 Å². The van der Waals surface area contributed by atoms with Gasteiger partial charge >= 0.3 is 0 Å². The molecular weight excluding hydrogens is 264 g/mol. The van der Waals surface area contributed by atoms with Crippen LogP contribution in [0.3, 0.4) is 0 Å². The van der Waals surface area contributed by atoms with Crippen molar-refractivity contribution in [3.8, 4) is 0 Å². The topological polar surface area (TPSA) is 49.4 Å². The minimum Gasteiger partial charge on any atom is -0.344 e. The average Bonchev–Trinajstić information content (AvgIpc) is 2.52. The Balaban J connectivity index is 2.28. The van der Waals surface area contributed by atoms with E-state index in [1.807, 2.05) is 56.9 Å². The molecule has 2 atom stereocenters. The first kappa shape index (κ1) is 15.5. The first-order valence-corrected chi connectivity index (χ1v) is 7.54. The molecule has 0 saturated carbocycles. The van der Waals surface area contributed by atoms with Crippen LogP contribution in [0.4, 0.5) is 0 Å². The molecule has 2 amide bonds. The van der Waals surface area contributed by atoms with Crippen molar-refractivity contribution in [2.24, 2.45) is 5.92 Å². The normalized spacial score (nSPS) is 23.2. The molecule has 114 valence electrons. The second kappa shape index (κ2) is 6.29. The molecule has 0 aliphatic carbocycles. The first-order chi connectivity index (χ1) is 9.90. The predicted octanol–water partition coefficient (Wildman–Crippen LogP) is 2.26. The van der Waals surface area contributed by atoms with Gasteiger partial charge in [-0.1, -0.05) is 38.1 Å². The maximum absolute atomic E-state index is 12.8. The van der Waals surface area contributed by atoms with Gasteiger partial charge < -0.3 is 10.2 Å². The number of aryl methyl sites for hydroxylation is 1. The van der Waals surface area contributed by atoms with Crippen molar-refractivity contribution in [1.82, 2.24) is 10.2 Å². The fourth-order valence-corrected chi connectivity index (χ4v) is 2.73. The lowest BCUT2D eigenvalue weighted by molar-refractivity contribution is -0.136. The van der Waals surface area contributed by atoms with E-state index in [-0.39, 0.29) is 23.8 Å². The maximum Gasteiger partial charge on any atom is 0.245 e. The molecule has 1 aromatic rings. The summed E-state index contributed by atoms with van der Waals surface area (Å²) in [6, 6.07) is 7.56. The van der Waals surface area contributed by atoms with Gasteiger partial charge in [0.15, 0.2) is 0 Å². The van der Waals surface area contributed by atoms with E-state index in [4.69, 9.17) is 0 Å². The van der Waals surface area contributed by atoms with Gasteiger partial charge in [0.2, 0.25) is 11.8 Å². The Morgan fingerprint density at radius 1 is 1.29 bits per heavy atom. The number of carbonyl (C=O) groups excluding carboxylic acids is 2. The highest BCUT2D eigenvalue weighted by molar-refractivity contribution is 5.90. The number of amides is 2. The Kier molecular flexibility index (Phi) is 4.66. The molecule has 4 nitrogen and oxygen atoms in total. The van der Waals surface area contributed by atoms with Gasteiger partial charge in [0.25, 0.3) is 0 Å². The number of rotatable bonds is 3. The zero-order chi connectivity index (χ0) is 15.6. The molecule has 1 aliphatic rings. The third-order valence-corrected chi connectivity index (χ3v) is 4.15. The number of hydrogen-bond acceptors (Lipinski definition) is 2. The minimum atomic E-state index is -0.425. The van der Waals surface area contributed by atoms with Crippen LogP contribution in [-0.2, 0) is 16.1 Å². The van der Waals surface area contributed by atoms with Crippen molar-refractivity contribution in [3.63, 3.8) is 0 Å².